The highest BCUT2D eigenvalue weighted by Crippen LogP contribution is 2.03. The van der Waals surface area contributed by atoms with Crippen molar-refractivity contribution < 1.29 is 9.50 Å². The Hall–Kier alpha value is -0.930. The number of halogens is 1. The summed E-state index contributed by atoms with van der Waals surface area (Å²) in [6, 6.07) is 6.60. The Morgan fingerprint density at radius 2 is 2.27 bits per heavy atom. The minimum atomic E-state index is -0.280. The van der Waals surface area contributed by atoms with E-state index in [4.69, 9.17) is 0 Å². The molecule has 0 bridgehead atoms. The van der Waals surface area contributed by atoms with Crippen LogP contribution >= 0.6 is 0 Å². The van der Waals surface area contributed by atoms with Gasteiger partial charge in [0.05, 0.1) is 6.10 Å². The molecule has 3 heteroatoms. The lowest BCUT2D eigenvalue weighted by molar-refractivity contribution is 0.168. The van der Waals surface area contributed by atoms with Crippen LogP contribution in [-0.2, 0) is 6.42 Å². The van der Waals surface area contributed by atoms with Crippen LogP contribution in [0.3, 0.4) is 0 Å². The first kappa shape index (κ1) is 12.1. The van der Waals surface area contributed by atoms with E-state index in [2.05, 4.69) is 5.32 Å². The summed E-state index contributed by atoms with van der Waals surface area (Å²) in [6.07, 6.45) is 1.26. The first-order valence-electron chi connectivity index (χ1n) is 5.35. The lowest BCUT2D eigenvalue weighted by Gasteiger charge is -2.09. The number of rotatable bonds is 6. The minimum absolute atomic E-state index is 0.193. The van der Waals surface area contributed by atoms with Crippen molar-refractivity contribution in [2.45, 2.75) is 25.9 Å². The van der Waals surface area contributed by atoms with Crippen LogP contribution in [0.4, 0.5) is 4.39 Å². The lowest BCUT2D eigenvalue weighted by atomic mass is 10.1. The van der Waals surface area contributed by atoms with Crippen LogP contribution in [0.15, 0.2) is 24.3 Å². The second-order valence-corrected chi connectivity index (χ2v) is 3.65. The van der Waals surface area contributed by atoms with Crippen molar-refractivity contribution in [2.75, 3.05) is 13.1 Å². The van der Waals surface area contributed by atoms with E-state index in [1.165, 1.54) is 12.1 Å². The molecule has 2 nitrogen and oxygen atoms in total. The van der Waals surface area contributed by atoms with Crippen molar-refractivity contribution in [1.82, 2.24) is 5.32 Å². The van der Waals surface area contributed by atoms with Crippen molar-refractivity contribution in [3.05, 3.63) is 35.6 Å². The fraction of sp³-hybridized carbons (Fsp3) is 0.500. The molecule has 0 aliphatic heterocycles. The third kappa shape index (κ3) is 4.91. The van der Waals surface area contributed by atoms with Crippen molar-refractivity contribution in [3.63, 3.8) is 0 Å². The van der Waals surface area contributed by atoms with Gasteiger partial charge in [-0.15, -0.1) is 0 Å². The van der Waals surface area contributed by atoms with E-state index in [1.807, 2.05) is 13.0 Å². The van der Waals surface area contributed by atoms with Crippen LogP contribution in [0, 0.1) is 5.82 Å². The molecule has 1 unspecified atom stereocenters. The maximum atomic E-state index is 12.8. The third-order valence-corrected chi connectivity index (χ3v) is 2.33. The van der Waals surface area contributed by atoms with E-state index in [1.54, 1.807) is 6.07 Å². The SMILES string of the molecule is CCC(O)CNCCc1cccc(F)c1. The standard InChI is InChI=1S/C12H18FNO/c1-2-12(15)9-14-7-6-10-4-3-5-11(13)8-10/h3-5,8,12,14-15H,2,6-7,9H2,1H3. The highest BCUT2D eigenvalue weighted by molar-refractivity contribution is 5.16. The minimum Gasteiger partial charge on any atom is -0.392 e. The van der Waals surface area contributed by atoms with Gasteiger partial charge in [0, 0.05) is 6.54 Å². The molecule has 1 atom stereocenters. The predicted octanol–water partition coefficient (Wildman–Crippen LogP) is 1.73. The topological polar surface area (TPSA) is 32.3 Å². The van der Waals surface area contributed by atoms with E-state index >= 15 is 0 Å². The van der Waals surface area contributed by atoms with Crippen LogP contribution in [0.1, 0.15) is 18.9 Å². The smallest absolute Gasteiger partial charge is 0.123 e. The lowest BCUT2D eigenvalue weighted by Crippen LogP contribution is -2.27. The van der Waals surface area contributed by atoms with Gasteiger partial charge in [0.15, 0.2) is 0 Å². The van der Waals surface area contributed by atoms with Crippen LogP contribution in [0.25, 0.3) is 0 Å². The van der Waals surface area contributed by atoms with Crippen molar-refractivity contribution in [3.8, 4) is 0 Å². The summed E-state index contributed by atoms with van der Waals surface area (Å²) < 4.78 is 12.8. The molecule has 0 amide bonds. The van der Waals surface area contributed by atoms with E-state index in [9.17, 15) is 9.50 Å². The van der Waals surface area contributed by atoms with Gasteiger partial charge in [0.2, 0.25) is 0 Å². The van der Waals surface area contributed by atoms with Crippen LogP contribution in [0.5, 0.6) is 0 Å². The second kappa shape index (κ2) is 6.53. The van der Waals surface area contributed by atoms with Gasteiger partial charge in [-0.1, -0.05) is 19.1 Å². The van der Waals surface area contributed by atoms with Gasteiger partial charge < -0.3 is 10.4 Å². The highest BCUT2D eigenvalue weighted by atomic mass is 19.1. The molecule has 1 rings (SSSR count). The molecule has 0 aliphatic rings. The molecule has 84 valence electrons. The number of hydrogen-bond donors (Lipinski definition) is 2. The number of hydrogen-bond acceptors (Lipinski definition) is 2. The zero-order chi connectivity index (χ0) is 11.1. The van der Waals surface area contributed by atoms with Crippen molar-refractivity contribution >= 4 is 0 Å². The molecular weight excluding hydrogens is 193 g/mol. The molecule has 0 heterocycles. The summed E-state index contributed by atoms with van der Waals surface area (Å²) in [5.41, 5.74) is 0.980. The Labute approximate surface area is 90.1 Å². The average Bonchev–Trinajstić information content (AvgIpc) is 2.24. The summed E-state index contributed by atoms with van der Waals surface area (Å²) in [4.78, 5) is 0. The Morgan fingerprint density at radius 1 is 1.47 bits per heavy atom. The number of aliphatic hydroxyl groups is 1. The molecule has 0 fully saturated rings. The van der Waals surface area contributed by atoms with Gasteiger partial charge >= 0.3 is 0 Å². The molecule has 1 aromatic carbocycles. The van der Waals surface area contributed by atoms with E-state index in [-0.39, 0.29) is 11.9 Å². The quantitative estimate of drug-likeness (QED) is 0.702. The van der Waals surface area contributed by atoms with Gasteiger partial charge in [-0.25, -0.2) is 4.39 Å². The Bertz CT molecular complexity index is 291. The number of nitrogens with one attached hydrogen (secondary N) is 1. The Kier molecular flexibility index (Phi) is 5.29. The van der Waals surface area contributed by atoms with Crippen LogP contribution in [-0.4, -0.2) is 24.3 Å². The van der Waals surface area contributed by atoms with E-state index in [0.29, 0.717) is 6.54 Å². The summed E-state index contributed by atoms with van der Waals surface area (Å²) >= 11 is 0. The maximum absolute atomic E-state index is 12.8. The van der Waals surface area contributed by atoms with Crippen molar-refractivity contribution in [2.24, 2.45) is 0 Å². The highest BCUT2D eigenvalue weighted by Gasteiger charge is 1.99. The molecule has 0 spiro atoms. The van der Waals surface area contributed by atoms with Gasteiger partial charge in [0.1, 0.15) is 5.82 Å². The van der Waals surface area contributed by atoms with Gasteiger partial charge in [0.25, 0.3) is 0 Å². The Morgan fingerprint density at radius 3 is 2.93 bits per heavy atom. The van der Waals surface area contributed by atoms with Crippen LogP contribution in [0.2, 0.25) is 0 Å². The van der Waals surface area contributed by atoms with Gasteiger partial charge in [-0.05, 0) is 37.1 Å². The zero-order valence-electron chi connectivity index (χ0n) is 9.04. The monoisotopic (exact) mass is 211 g/mol. The molecule has 0 radical (unpaired) electrons. The molecule has 1 aromatic rings. The molecule has 15 heavy (non-hydrogen) atoms. The summed E-state index contributed by atoms with van der Waals surface area (Å²) in [6.45, 7) is 3.31. The number of benzene rings is 1. The summed E-state index contributed by atoms with van der Waals surface area (Å²) in [7, 11) is 0. The second-order valence-electron chi connectivity index (χ2n) is 3.65. The van der Waals surface area contributed by atoms with Crippen LogP contribution < -0.4 is 5.32 Å². The largest absolute Gasteiger partial charge is 0.392 e. The molecule has 0 saturated carbocycles. The van der Waals surface area contributed by atoms with E-state index < -0.39 is 0 Å². The number of aliphatic hydroxyl groups excluding tert-OH is 1. The zero-order valence-corrected chi connectivity index (χ0v) is 9.04. The van der Waals surface area contributed by atoms with E-state index in [0.717, 1.165) is 24.9 Å². The molecule has 0 aliphatic carbocycles. The first-order valence-corrected chi connectivity index (χ1v) is 5.35. The normalized spacial score (nSPS) is 12.7. The third-order valence-electron chi connectivity index (χ3n) is 2.33. The summed E-state index contributed by atoms with van der Waals surface area (Å²) in [5.74, 6) is -0.193. The van der Waals surface area contributed by atoms with Crippen molar-refractivity contribution in [1.29, 1.82) is 0 Å². The predicted molar refractivity (Wildman–Crippen MR) is 59.3 cm³/mol. The molecular formula is C12H18FNO. The van der Waals surface area contributed by atoms with Gasteiger partial charge in [-0.2, -0.15) is 0 Å². The fourth-order valence-electron chi connectivity index (χ4n) is 1.34. The van der Waals surface area contributed by atoms with Gasteiger partial charge in [-0.3, -0.25) is 0 Å². The Balaban J connectivity index is 2.20. The molecule has 0 saturated heterocycles. The summed E-state index contributed by atoms with van der Waals surface area (Å²) in [5, 5.41) is 12.4. The maximum Gasteiger partial charge on any atom is 0.123 e. The fourth-order valence-corrected chi connectivity index (χ4v) is 1.34. The molecule has 2 N–H and O–H groups in total. The molecule has 0 aromatic heterocycles. The first-order chi connectivity index (χ1) is 7.22. The average molecular weight is 211 g/mol.